The largest absolute Gasteiger partial charge is 0.395 e. The van der Waals surface area contributed by atoms with Crippen molar-refractivity contribution in [1.82, 2.24) is 40.0 Å². The van der Waals surface area contributed by atoms with E-state index < -0.39 is 0 Å². The summed E-state index contributed by atoms with van der Waals surface area (Å²) in [5, 5.41) is 21.8. The lowest BCUT2D eigenvalue weighted by Crippen LogP contribution is -2.27. The normalized spacial score (nSPS) is 12.5. The summed E-state index contributed by atoms with van der Waals surface area (Å²) in [7, 11) is 0. The van der Waals surface area contributed by atoms with Crippen molar-refractivity contribution in [1.29, 1.82) is 0 Å². The lowest BCUT2D eigenvalue weighted by Gasteiger charge is -2.21. The summed E-state index contributed by atoms with van der Waals surface area (Å²) >= 11 is 0. The second-order valence-electron chi connectivity index (χ2n) is 17.2. The average Bonchev–Trinajstić information content (AvgIpc) is 4.05. The summed E-state index contributed by atoms with van der Waals surface area (Å²) in [6, 6.07) is 43.1. The second kappa shape index (κ2) is 23.1. The topological polar surface area (TPSA) is 217 Å². The Morgan fingerprint density at radius 1 is 0.620 bits per heavy atom. The maximum atomic E-state index is 13.6. The zero-order valence-electron chi connectivity index (χ0n) is 40.0. The van der Waals surface area contributed by atoms with E-state index in [2.05, 4.69) is 61.3 Å². The van der Waals surface area contributed by atoms with E-state index >= 15 is 0 Å². The van der Waals surface area contributed by atoms with Gasteiger partial charge in [0.25, 0.3) is 11.8 Å². The molecule has 0 bridgehead atoms. The number of likely N-dealkylation sites (N-methyl/N-ethyl adjacent to an activating group) is 2. The van der Waals surface area contributed by atoms with Gasteiger partial charge in [-0.05, 0) is 87.4 Å². The maximum absolute atomic E-state index is 13.6. The summed E-state index contributed by atoms with van der Waals surface area (Å²) < 4.78 is 0. The molecule has 0 saturated carbocycles. The van der Waals surface area contributed by atoms with Gasteiger partial charge < -0.3 is 36.8 Å². The minimum Gasteiger partial charge on any atom is -0.395 e. The molecule has 15 nitrogen and oxygen atoms in total. The standard InChI is InChI=1S/C28H29N5O2.C24H18N4O2.C4H11NO/c1-2-32(13-14-34)16-22-9-5-6-10-23(22)19-11-12-25-24(15-19)26(31-28(29)30-25)27(35)33-17-20-7-3-4-8-21(20)18-33;25-24-26-21-10-9-15(19-8-4-3-7-18(19)14-29)11-20(21)22(27-24)23(30)28-12-16-5-1-2-6-17(16)13-28;1-2-5-3-4-6/h3-12,15,34H,2,13-14,16-18H2,1H3,(H2,29,30,31);1-11,14H,12-13H2,(H2,25,26,27);5-6H,2-4H2,1H3. The van der Waals surface area contributed by atoms with Gasteiger partial charge in [0.1, 0.15) is 11.4 Å². The van der Waals surface area contributed by atoms with Gasteiger partial charge in [0.05, 0.1) is 24.2 Å². The van der Waals surface area contributed by atoms with Crippen LogP contribution in [0.5, 0.6) is 0 Å². The average molecular weight is 951 g/mol. The van der Waals surface area contributed by atoms with E-state index in [0.717, 1.165) is 82.5 Å². The summed E-state index contributed by atoms with van der Waals surface area (Å²) in [5.41, 5.74) is 23.7. The number of nitrogens with one attached hydrogen (secondary N) is 1. The zero-order chi connectivity index (χ0) is 49.9. The number of anilines is 2. The van der Waals surface area contributed by atoms with Crippen LogP contribution < -0.4 is 16.8 Å². The molecule has 0 spiro atoms. The van der Waals surface area contributed by atoms with E-state index in [4.69, 9.17) is 16.6 Å². The van der Waals surface area contributed by atoms with Crippen LogP contribution in [0.15, 0.2) is 133 Å². The van der Waals surface area contributed by atoms with Crippen molar-refractivity contribution in [2.75, 3.05) is 50.9 Å². The molecule has 0 unspecified atom stereocenters. The van der Waals surface area contributed by atoms with Crippen molar-refractivity contribution in [3.63, 3.8) is 0 Å². The van der Waals surface area contributed by atoms with Crippen LogP contribution in [0.4, 0.5) is 11.9 Å². The first-order valence-corrected chi connectivity index (χ1v) is 23.8. The van der Waals surface area contributed by atoms with Crippen LogP contribution in [0, 0.1) is 0 Å². The first-order chi connectivity index (χ1) is 34.6. The molecule has 6 aromatic carbocycles. The van der Waals surface area contributed by atoms with E-state index in [9.17, 15) is 19.5 Å². The number of aldehydes is 1. The maximum Gasteiger partial charge on any atom is 0.273 e. The molecular formula is C56H58N10O5. The quantitative estimate of drug-likeness (QED) is 0.0568. The summed E-state index contributed by atoms with van der Waals surface area (Å²) in [5.74, 6) is -0.186. The summed E-state index contributed by atoms with van der Waals surface area (Å²) in [4.78, 5) is 61.6. The summed E-state index contributed by atoms with van der Waals surface area (Å²) in [6.45, 7) is 10.5. The molecule has 0 fully saturated rings. The first kappa shape index (κ1) is 49.5. The molecule has 2 aromatic heterocycles. The number of amides is 2. The van der Waals surface area contributed by atoms with Crippen molar-refractivity contribution in [2.45, 2.75) is 46.6 Å². The van der Waals surface area contributed by atoms with Gasteiger partial charge in [-0.3, -0.25) is 19.3 Å². The third kappa shape index (κ3) is 11.4. The molecule has 15 heteroatoms. The lowest BCUT2D eigenvalue weighted by atomic mass is 9.97. The van der Waals surface area contributed by atoms with Crippen molar-refractivity contribution >= 4 is 51.8 Å². The van der Waals surface area contributed by atoms with Gasteiger partial charge in [-0.1, -0.05) is 123 Å². The fourth-order valence-electron chi connectivity index (χ4n) is 9.00. The number of carbonyl (C=O) groups excluding carboxylic acids is 3. The number of nitrogens with two attached hydrogens (primary N) is 2. The molecule has 0 aliphatic carbocycles. The molecule has 8 aromatic rings. The molecule has 4 heterocycles. The van der Waals surface area contributed by atoms with E-state index in [0.29, 0.717) is 65.8 Å². The monoisotopic (exact) mass is 950 g/mol. The Morgan fingerprint density at radius 3 is 1.54 bits per heavy atom. The molecule has 10 rings (SSSR count). The number of carbonyl (C=O) groups is 3. The molecule has 7 N–H and O–H groups in total. The molecule has 0 radical (unpaired) electrons. The number of aliphatic hydroxyl groups is 2. The van der Waals surface area contributed by atoms with Crippen molar-refractivity contribution in [2.24, 2.45) is 0 Å². The number of nitrogens with zero attached hydrogens (tertiary/aromatic N) is 7. The van der Waals surface area contributed by atoms with E-state index in [1.807, 2.05) is 104 Å². The van der Waals surface area contributed by atoms with Crippen molar-refractivity contribution in [3.05, 3.63) is 178 Å². The Bertz CT molecular complexity index is 3150. The van der Waals surface area contributed by atoms with Gasteiger partial charge in [-0.2, -0.15) is 0 Å². The Morgan fingerprint density at radius 2 is 1.08 bits per heavy atom. The van der Waals surface area contributed by atoms with Gasteiger partial charge in [0, 0.05) is 62.1 Å². The third-order valence-corrected chi connectivity index (χ3v) is 12.6. The fourth-order valence-corrected chi connectivity index (χ4v) is 9.00. The zero-order valence-corrected chi connectivity index (χ0v) is 40.0. The van der Waals surface area contributed by atoms with Crippen LogP contribution in [0.3, 0.4) is 0 Å². The molecule has 0 atom stereocenters. The van der Waals surface area contributed by atoms with Gasteiger partial charge in [-0.25, -0.2) is 19.9 Å². The van der Waals surface area contributed by atoms with Gasteiger partial charge in [0.15, 0.2) is 6.29 Å². The van der Waals surface area contributed by atoms with Crippen LogP contribution >= 0.6 is 0 Å². The highest BCUT2D eigenvalue weighted by Crippen LogP contribution is 2.33. The minimum atomic E-state index is -0.189. The molecule has 2 aliphatic rings. The van der Waals surface area contributed by atoms with Crippen LogP contribution in [0.1, 0.15) is 73.0 Å². The van der Waals surface area contributed by atoms with Gasteiger partial charge in [-0.15, -0.1) is 0 Å². The SMILES string of the molecule is CCN(CCO)Cc1ccccc1-c1ccc2nc(N)nc(C(=O)N3Cc4ccccc4C3)c2c1.CCNCCO.Nc1nc(C(=O)N2Cc3ccccc3C2)c2cc(-c3ccccc3C=O)ccc2n1. The van der Waals surface area contributed by atoms with Crippen molar-refractivity contribution < 1.29 is 24.6 Å². The summed E-state index contributed by atoms with van der Waals surface area (Å²) in [6.07, 6.45) is 0.826. The number of nitrogen functional groups attached to an aromatic ring is 2. The number of hydrogen-bond donors (Lipinski definition) is 5. The van der Waals surface area contributed by atoms with Crippen LogP contribution in [-0.4, -0.2) is 102 Å². The van der Waals surface area contributed by atoms with E-state index in [1.165, 1.54) is 0 Å². The third-order valence-electron chi connectivity index (χ3n) is 12.6. The molecule has 2 aliphatic heterocycles. The molecule has 0 saturated heterocycles. The number of aromatic nitrogens is 4. The lowest BCUT2D eigenvalue weighted by molar-refractivity contribution is 0.0741. The Labute approximate surface area is 412 Å². The molecular weight excluding hydrogens is 893 g/mol. The first-order valence-electron chi connectivity index (χ1n) is 23.8. The van der Waals surface area contributed by atoms with Crippen LogP contribution in [-0.2, 0) is 32.7 Å². The predicted molar refractivity (Wildman–Crippen MR) is 278 cm³/mol. The Kier molecular flexibility index (Phi) is 16.1. The Balaban J connectivity index is 0.000000172. The minimum absolute atomic E-state index is 0.0589. The highest BCUT2D eigenvalue weighted by Gasteiger charge is 2.29. The highest BCUT2D eigenvalue weighted by molar-refractivity contribution is 6.07. The number of rotatable bonds is 13. The van der Waals surface area contributed by atoms with E-state index in [-0.39, 0.29) is 42.6 Å². The number of benzene rings is 6. The van der Waals surface area contributed by atoms with Gasteiger partial charge in [0.2, 0.25) is 11.9 Å². The molecule has 362 valence electrons. The van der Waals surface area contributed by atoms with Crippen LogP contribution in [0.2, 0.25) is 0 Å². The predicted octanol–water partition coefficient (Wildman–Crippen LogP) is 7.28. The number of aliphatic hydroxyl groups excluding tert-OH is 2. The number of hydrogen-bond acceptors (Lipinski definition) is 13. The molecule has 2 amide bonds. The smallest absolute Gasteiger partial charge is 0.273 e. The Hall–Kier alpha value is -7.95. The van der Waals surface area contributed by atoms with Gasteiger partial charge >= 0.3 is 0 Å². The van der Waals surface area contributed by atoms with Crippen LogP contribution in [0.25, 0.3) is 44.1 Å². The second-order valence-corrected chi connectivity index (χ2v) is 17.2. The fraction of sp³-hybridized carbons (Fsp3) is 0.232. The van der Waals surface area contributed by atoms with Crippen molar-refractivity contribution in [3.8, 4) is 22.3 Å². The van der Waals surface area contributed by atoms with E-state index in [1.54, 1.807) is 21.9 Å². The highest BCUT2D eigenvalue weighted by atomic mass is 16.3. The number of fused-ring (bicyclic) bond motifs is 4. The molecule has 71 heavy (non-hydrogen) atoms.